The number of urea groups is 1. The number of nitrogens with one attached hydrogen (secondary N) is 1. The van der Waals surface area contributed by atoms with E-state index in [0.29, 0.717) is 13.1 Å². The van der Waals surface area contributed by atoms with E-state index in [1.165, 1.54) is 6.07 Å². The number of nitrogens with zero attached hydrogens (tertiary/aromatic N) is 2. The first-order valence-corrected chi connectivity index (χ1v) is 7.97. The van der Waals surface area contributed by atoms with Crippen molar-refractivity contribution in [1.82, 2.24) is 15.1 Å². The Hall–Kier alpha value is -2.57. The number of hydrogen-bond donors (Lipinski definition) is 2. The Bertz CT molecular complexity index is 624. The summed E-state index contributed by atoms with van der Waals surface area (Å²) in [6.07, 6.45) is 1.52. The normalized spacial score (nSPS) is 15.0. The summed E-state index contributed by atoms with van der Waals surface area (Å²) < 4.78 is 0. The molecule has 0 radical (unpaired) electrons. The van der Waals surface area contributed by atoms with E-state index in [1.807, 2.05) is 0 Å². The molecule has 1 fully saturated rings. The zero-order valence-electron chi connectivity index (χ0n) is 14.0. The molecular weight excluding hydrogens is 310 g/mol. The fourth-order valence-corrected chi connectivity index (χ4v) is 2.82. The van der Waals surface area contributed by atoms with Crippen LogP contribution in [0, 0.1) is 0 Å². The summed E-state index contributed by atoms with van der Waals surface area (Å²) in [5.41, 5.74) is 0.948. The van der Waals surface area contributed by atoms with Crippen molar-refractivity contribution < 1.29 is 19.5 Å². The van der Waals surface area contributed by atoms with E-state index in [9.17, 15) is 14.4 Å². The smallest absolute Gasteiger partial charge is 0.335 e. The minimum atomic E-state index is -0.986. The summed E-state index contributed by atoms with van der Waals surface area (Å²) in [6.45, 7) is 3.03. The van der Waals surface area contributed by atoms with Crippen molar-refractivity contribution >= 4 is 17.9 Å². The van der Waals surface area contributed by atoms with Gasteiger partial charge in [0, 0.05) is 39.6 Å². The summed E-state index contributed by atoms with van der Waals surface area (Å²) in [6, 6.07) is 6.52. The molecule has 1 aromatic carbocycles. The Morgan fingerprint density at radius 2 is 1.96 bits per heavy atom. The minimum Gasteiger partial charge on any atom is -0.478 e. The van der Waals surface area contributed by atoms with Gasteiger partial charge in [-0.15, -0.1) is 0 Å². The van der Waals surface area contributed by atoms with Crippen molar-refractivity contribution in [2.75, 3.05) is 20.1 Å². The lowest BCUT2D eigenvalue weighted by Gasteiger charge is -2.36. The van der Waals surface area contributed by atoms with Crippen molar-refractivity contribution in [2.24, 2.45) is 0 Å². The molecule has 2 rings (SSSR count). The van der Waals surface area contributed by atoms with E-state index in [0.717, 1.165) is 18.4 Å². The van der Waals surface area contributed by atoms with E-state index < -0.39 is 5.97 Å². The van der Waals surface area contributed by atoms with Crippen molar-refractivity contribution in [3.8, 4) is 0 Å². The third kappa shape index (κ3) is 4.47. The molecule has 0 aliphatic carbocycles. The Balaban J connectivity index is 1.83. The molecule has 1 aliphatic rings. The maximum atomic E-state index is 12.2. The van der Waals surface area contributed by atoms with E-state index >= 15 is 0 Å². The highest BCUT2D eigenvalue weighted by Gasteiger charge is 2.26. The topological polar surface area (TPSA) is 90.0 Å². The molecule has 7 heteroatoms. The molecule has 0 bridgehead atoms. The highest BCUT2D eigenvalue weighted by molar-refractivity contribution is 5.87. The second kappa shape index (κ2) is 7.81. The molecule has 0 spiro atoms. The van der Waals surface area contributed by atoms with Crippen LogP contribution < -0.4 is 5.32 Å². The molecule has 0 saturated carbocycles. The van der Waals surface area contributed by atoms with Gasteiger partial charge >= 0.3 is 12.0 Å². The molecular formula is C17H23N3O4. The Morgan fingerprint density at radius 3 is 2.54 bits per heavy atom. The van der Waals surface area contributed by atoms with Gasteiger partial charge in [0.2, 0.25) is 5.91 Å². The summed E-state index contributed by atoms with van der Waals surface area (Å²) in [5.74, 6) is -0.948. The first-order chi connectivity index (χ1) is 11.4. The second-order valence-corrected chi connectivity index (χ2v) is 6.01. The predicted octanol–water partition coefficient (Wildman–Crippen LogP) is 1.54. The van der Waals surface area contributed by atoms with Crippen LogP contribution >= 0.6 is 0 Å². The van der Waals surface area contributed by atoms with Gasteiger partial charge in [0.25, 0.3) is 0 Å². The van der Waals surface area contributed by atoms with Gasteiger partial charge in [-0.3, -0.25) is 4.79 Å². The number of likely N-dealkylation sites (tertiary alicyclic amines) is 1. The number of hydrogen-bond acceptors (Lipinski definition) is 3. The van der Waals surface area contributed by atoms with E-state index in [1.54, 1.807) is 42.0 Å². The molecule has 1 saturated heterocycles. The third-order valence-electron chi connectivity index (χ3n) is 4.41. The number of carboxylic acids is 1. The van der Waals surface area contributed by atoms with Gasteiger partial charge in [-0.1, -0.05) is 12.1 Å². The maximum absolute atomic E-state index is 12.2. The van der Waals surface area contributed by atoms with Gasteiger partial charge in [-0.2, -0.15) is 0 Å². The average molecular weight is 333 g/mol. The summed E-state index contributed by atoms with van der Waals surface area (Å²) in [4.78, 5) is 38.0. The van der Waals surface area contributed by atoms with Gasteiger partial charge in [-0.25, -0.2) is 9.59 Å². The highest BCUT2D eigenvalue weighted by atomic mass is 16.4. The van der Waals surface area contributed by atoms with E-state index in [2.05, 4.69) is 5.32 Å². The molecule has 24 heavy (non-hydrogen) atoms. The van der Waals surface area contributed by atoms with E-state index in [4.69, 9.17) is 5.11 Å². The number of rotatable bonds is 4. The predicted molar refractivity (Wildman–Crippen MR) is 88.7 cm³/mol. The van der Waals surface area contributed by atoms with Gasteiger partial charge in [0.1, 0.15) is 0 Å². The van der Waals surface area contributed by atoms with E-state index in [-0.39, 0.29) is 30.1 Å². The number of aromatic carboxylic acids is 1. The van der Waals surface area contributed by atoms with Crippen molar-refractivity contribution in [1.29, 1.82) is 0 Å². The minimum absolute atomic E-state index is 0.0382. The Labute approximate surface area is 141 Å². The number of amides is 3. The lowest BCUT2D eigenvalue weighted by Crippen LogP contribution is -2.49. The van der Waals surface area contributed by atoms with Crippen LogP contribution in [0.3, 0.4) is 0 Å². The fraction of sp³-hybridized carbons (Fsp3) is 0.471. The lowest BCUT2D eigenvalue weighted by molar-refractivity contribution is -0.130. The highest BCUT2D eigenvalue weighted by Crippen LogP contribution is 2.15. The van der Waals surface area contributed by atoms with Crippen molar-refractivity contribution in [3.63, 3.8) is 0 Å². The molecule has 3 amide bonds. The molecule has 7 nitrogen and oxygen atoms in total. The number of carboxylic acid groups (broad SMARTS) is 1. The molecule has 0 unspecified atom stereocenters. The maximum Gasteiger partial charge on any atom is 0.335 e. The van der Waals surface area contributed by atoms with Crippen LogP contribution in [0.2, 0.25) is 0 Å². The van der Waals surface area contributed by atoms with Crippen LogP contribution in [-0.4, -0.2) is 59.0 Å². The molecule has 1 aliphatic heterocycles. The number of carbonyl (C=O) groups is 3. The summed E-state index contributed by atoms with van der Waals surface area (Å²) in [5, 5.41) is 11.8. The van der Waals surface area contributed by atoms with Crippen molar-refractivity contribution in [3.05, 3.63) is 35.4 Å². The number of benzene rings is 1. The van der Waals surface area contributed by atoms with Gasteiger partial charge < -0.3 is 20.2 Å². The van der Waals surface area contributed by atoms with Crippen LogP contribution in [0.1, 0.15) is 35.7 Å². The molecule has 0 atom stereocenters. The monoisotopic (exact) mass is 333 g/mol. The molecule has 130 valence electrons. The van der Waals surface area contributed by atoms with Crippen LogP contribution in [0.5, 0.6) is 0 Å². The lowest BCUT2D eigenvalue weighted by atomic mass is 10.0. The second-order valence-electron chi connectivity index (χ2n) is 6.01. The average Bonchev–Trinajstić information content (AvgIpc) is 2.59. The first-order valence-electron chi connectivity index (χ1n) is 7.97. The number of piperidine rings is 1. The Morgan fingerprint density at radius 1 is 1.29 bits per heavy atom. The zero-order valence-corrected chi connectivity index (χ0v) is 14.0. The third-order valence-corrected chi connectivity index (χ3v) is 4.41. The summed E-state index contributed by atoms with van der Waals surface area (Å²) >= 11 is 0. The van der Waals surface area contributed by atoms with Crippen LogP contribution in [0.4, 0.5) is 4.79 Å². The van der Waals surface area contributed by atoms with Crippen LogP contribution in [0.15, 0.2) is 24.3 Å². The van der Waals surface area contributed by atoms with Gasteiger partial charge in [-0.05, 0) is 30.5 Å². The molecule has 2 N–H and O–H groups in total. The van der Waals surface area contributed by atoms with Crippen LogP contribution in [-0.2, 0) is 11.3 Å². The standard InChI is InChI=1S/C17H23N3O4/c1-12(21)19(2)15-6-8-20(9-7-15)17(24)18-11-13-4-3-5-14(10-13)16(22)23/h3-5,10,15H,6-9,11H2,1-2H3,(H,18,24)(H,22,23). The summed E-state index contributed by atoms with van der Waals surface area (Å²) in [7, 11) is 1.79. The van der Waals surface area contributed by atoms with Crippen molar-refractivity contribution in [2.45, 2.75) is 32.4 Å². The molecule has 1 heterocycles. The largest absolute Gasteiger partial charge is 0.478 e. The number of carbonyl (C=O) groups excluding carboxylic acids is 2. The van der Waals surface area contributed by atoms with Gasteiger partial charge in [0.05, 0.1) is 5.56 Å². The zero-order chi connectivity index (χ0) is 17.7. The SMILES string of the molecule is CC(=O)N(C)C1CCN(C(=O)NCc2cccc(C(=O)O)c2)CC1. The fourth-order valence-electron chi connectivity index (χ4n) is 2.82. The Kier molecular flexibility index (Phi) is 5.78. The molecule has 0 aromatic heterocycles. The molecule has 1 aromatic rings. The van der Waals surface area contributed by atoms with Gasteiger partial charge in [0.15, 0.2) is 0 Å². The quantitative estimate of drug-likeness (QED) is 0.874. The first kappa shape index (κ1) is 17.8. The van der Waals surface area contributed by atoms with Crippen LogP contribution in [0.25, 0.3) is 0 Å².